The highest BCUT2D eigenvalue weighted by molar-refractivity contribution is 5.80. The number of carboxylic acids is 1. The van der Waals surface area contributed by atoms with Crippen molar-refractivity contribution in [1.82, 2.24) is 5.32 Å². The fraction of sp³-hybridized carbons (Fsp3) is 0.357. The third-order valence-corrected chi connectivity index (χ3v) is 2.93. The maximum Gasteiger partial charge on any atom is 0.408 e. The molecule has 2 N–H and O–H groups in total. The summed E-state index contributed by atoms with van der Waals surface area (Å²) in [6, 6.07) is 7.27. The number of nitrogens with zero attached hydrogens (tertiary/aromatic N) is 3. The number of benzene rings is 1. The van der Waals surface area contributed by atoms with E-state index in [-0.39, 0.29) is 26.0 Å². The van der Waals surface area contributed by atoms with E-state index in [1.807, 2.05) is 0 Å². The Morgan fingerprint density at radius 3 is 2.67 bits per heavy atom. The van der Waals surface area contributed by atoms with Gasteiger partial charge in [0.25, 0.3) is 6.47 Å². The van der Waals surface area contributed by atoms with Crippen molar-refractivity contribution in [3.05, 3.63) is 46.3 Å². The van der Waals surface area contributed by atoms with Gasteiger partial charge in [-0.3, -0.25) is 4.79 Å². The Morgan fingerprint density at radius 2 is 2.08 bits per heavy atom. The van der Waals surface area contributed by atoms with Gasteiger partial charge < -0.3 is 19.9 Å². The van der Waals surface area contributed by atoms with E-state index in [0.29, 0.717) is 0 Å². The van der Waals surface area contributed by atoms with Crippen LogP contribution in [0.25, 0.3) is 10.4 Å². The van der Waals surface area contributed by atoms with Gasteiger partial charge in [-0.15, -0.1) is 0 Å². The van der Waals surface area contributed by atoms with E-state index in [9.17, 15) is 19.5 Å². The smallest absolute Gasteiger partial charge is 0.408 e. The van der Waals surface area contributed by atoms with Gasteiger partial charge in [0.1, 0.15) is 12.7 Å². The third-order valence-electron chi connectivity index (χ3n) is 2.93. The Morgan fingerprint density at radius 1 is 1.38 bits per heavy atom. The number of amides is 1. The summed E-state index contributed by atoms with van der Waals surface area (Å²) in [5, 5.41) is 14.5. The number of carbonyl (C=O) groups is 3. The van der Waals surface area contributed by atoms with E-state index in [1.54, 1.807) is 30.3 Å². The summed E-state index contributed by atoms with van der Waals surface area (Å²) in [7, 11) is 0. The molecule has 0 aliphatic rings. The van der Waals surface area contributed by atoms with Crippen molar-refractivity contribution in [2.24, 2.45) is 5.11 Å². The van der Waals surface area contributed by atoms with E-state index in [2.05, 4.69) is 20.1 Å². The summed E-state index contributed by atoms with van der Waals surface area (Å²) < 4.78 is 9.58. The minimum absolute atomic E-state index is 0.0447. The van der Waals surface area contributed by atoms with Crippen molar-refractivity contribution in [3.63, 3.8) is 0 Å². The zero-order chi connectivity index (χ0) is 17.8. The molecule has 10 nitrogen and oxygen atoms in total. The first-order valence-electron chi connectivity index (χ1n) is 6.88. The van der Waals surface area contributed by atoms with Crippen LogP contribution in [0, 0.1) is 0 Å². The van der Waals surface area contributed by atoms with Gasteiger partial charge in [-0.05, 0) is 17.5 Å². The van der Waals surface area contributed by atoms with E-state index in [1.165, 1.54) is 0 Å². The van der Waals surface area contributed by atoms with E-state index in [0.717, 1.165) is 5.56 Å². The van der Waals surface area contributed by atoms with Crippen LogP contribution in [-0.2, 0) is 25.7 Å². The van der Waals surface area contributed by atoms with Crippen LogP contribution in [0.3, 0.4) is 0 Å². The maximum absolute atomic E-state index is 11.7. The van der Waals surface area contributed by atoms with Crippen LogP contribution >= 0.6 is 0 Å². The number of carboxylic acid groups (broad SMARTS) is 1. The van der Waals surface area contributed by atoms with Crippen molar-refractivity contribution < 1.29 is 29.0 Å². The van der Waals surface area contributed by atoms with Crippen LogP contribution in [0.2, 0.25) is 0 Å². The molecule has 0 fully saturated rings. The molecule has 1 aromatic rings. The summed E-state index contributed by atoms with van der Waals surface area (Å²) >= 11 is 0. The monoisotopic (exact) mass is 336 g/mol. The molecule has 0 bridgehead atoms. The lowest BCUT2D eigenvalue weighted by molar-refractivity contribution is -0.147. The number of alkyl carbamates (subject to hydrolysis) is 1. The van der Waals surface area contributed by atoms with Gasteiger partial charge in [0.2, 0.25) is 0 Å². The third kappa shape index (κ3) is 6.67. The van der Waals surface area contributed by atoms with Gasteiger partial charge in [-0.2, -0.15) is 0 Å². The fourth-order valence-electron chi connectivity index (χ4n) is 1.82. The molecule has 128 valence electrons. The number of aliphatic carboxylic acids is 1. The van der Waals surface area contributed by atoms with Crippen molar-refractivity contribution in [3.8, 4) is 0 Å². The van der Waals surface area contributed by atoms with E-state index < -0.39 is 24.2 Å². The molecular formula is C14H16N4O6. The molecule has 1 amide bonds. The average molecular weight is 336 g/mol. The summed E-state index contributed by atoms with van der Waals surface area (Å²) in [5.41, 5.74) is 8.95. The Kier molecular flexibility index (Phi) is 8.19. The normalized spacial score (nSPS) is 12.2. The molecule has 0 spiro atoms. The van der Waals surface area contributed by atoms with Crippen molar-refractivity contribution in [1.29, 1.82) is 0 Å². The van der Waals surface area contributed by atoms with Gasteiger partial charge >= 0.3 is 12.1 Å². The molecule has 0 radical (unpaired) electrons. The molecule has 0 heterocycles. The minimum Gasteiger partial charge on any atom is -0.480 e. The summed E-state index contributed by atoms with van der Waals surface area (Å²) in [4.78, 5) is 36.1. The molecule has 0 unspecified atom stereocenters. The first-order chi connectivity index (χ1) is 11.6. The van der Waals surface area contributed by atoms with Gasteiger partial charge in [-0.1, -0.05) is 35.4 Å². The first-order valence-corrected chi connectivity index (χ1v) is 6.88. The molecule has 0 aliphatic carbocycles. The molecule has 1 rings (SSSR count). The van der Waals surface area contributed by atoms with Crippen LogP contribution in [-0.4, -0.2) is 42.3 Å². The number of azide groups is 1. The predicted octanol–water partition coefficient (Wildman–Crippen LogP) is 1.61. The number of carbonyl (C=O) groups excluding carboxylic acids is 2. The standard InChI is InChI=1S/C14H16N4O6/c15-18-16-7-6-11(24-9-19)12(13(20)21)17-14(22)23-8-10-4-2-1-3-5-10/h1-5,9,11-12H,6-8H2,(H,17,22)(H,20,21)/t11-,12+/m1/s1. The number of nitrogens with one attached hydrogen (secondary N) is 1. The van der Waals surface area contributed by atoms with Crippen molar-refractivity contribution >= 4 is 18.5 Å². The second-order valence-corrected chi connectivity index (χ2v) is 4.54. The molecule has 24 heavy (non-hydrogen) atoms. The van der Waals surface area contributed by atoms with Gasteiger partial charge in [0.15, 0.2) is 6.04 Å². The lowest BCUT2D eigenvalue weighted by Crippen LogP contribution is -2.50. The van der Waals surface area contributed by atoms with Crippen LogP contribution in [0.4, 0.5) is 4.79 Å². The SMILES string of the molecule is [N-]=[N+]=NCC[C@@H](OC=O)[C@H](NC(=O)OCc1ccccc1)C(=O)O. The Hall–Kier alpha value is -3.26. The van der Waals surface area contributed by atoms with Gasteiger partial charge in [-0.25, -0.2) is 9.59 Å². The topological polar surface area (TPSA) is 151 Å². The highest BCUT2D eigenvalue weighted by Gasteiger charge is 2.31. The molecule has 0 saturated heterocycles. The molecule has 1 aromatic carbocycles. The van der Waals surface area contributed by atoms with E-state index in [4.69, 9.17) is 10.3 Å². The Bertz CT molecular complexity index is 603. The second-order valence-electron chi connectivity index (χ2n) is 4.54. The maximum atomic E-state index is 11.7. The second kappa shape index (κ2) is 10.5. The number of ether oxygens (including phenoxy) is 2. The van der Waals surface area contributed by atoms with Gasteiger partial charge in [0, 0.05) is 11.5 Å². The highest BCUT2D eigenvalue weighted by Crippen LogP contribution is 2.07. The molecule has 2 atom stereocenters. The lowest BCUT2D eigenvalue weighted by atomic mass is 10.1. The van der Waals surface area contributed by atoms with Crippen LogP contribution in [0.15, 0.2) is 35.4 Å². The predicted molar refractivity (Wildman–Crippen MR) is 80.8 cm³/mol. The average Bonchev–Trinajstić information content (AvgIpc) is 2.58. The first kappa shape index (κ1) is 18.8. The number of rotatable bonds is 10. The zero-order valence-corrected chi connectivity index (χ0v) is 12.6. The highest BCUT2D eigenvalue weighted by atomic mass is 16.6. The molecular weight excluding hydrogens is 320 g/mol. The number of hydrogen-bond acceptors (Lipinski definition) is 6. The molecule has 0 aromatic heterocycles. The summed E-state index contributed by atoms with van der Waals surface area (Å²) in [6.45, 7) is -0.0792. The molecule has 10 heteroatoms. The summed E-state index contributed by atoms with van der Waals surface area (Å²) in [5.74, 6) is -1.42. The van der Waals surface area contributed by atoms with Crippen LogP contribution in [0.5, 0.6) is 0 Å². The lowest BCUT2D eigenvalue weighted by Gasteiger charge is -2.22. The zero-order valence-electron chi connectivity index (χ0n) is 12.6. The van der Waals surface area contributed by atoms with Gasteiger partial charge in [0.05, 0.1) is 0 Å². The van der Waals surface area contributed by atoms with Crippen LogP contribution < -0.4 is 5.32 Å². The number of hydrogen-bond donors (Lipinski definition) is 2. The molecule has 0 aliphatic heterocycles. The Labute approximate surface area is 137 Å². The quantitative estimate of drug-likeness (QED) is 0.287. The molecule has 0 saturated carbocycles. The fourth-order valence-corrected chi connectivity index (χ4v) is 1.82. The largest absolute Gasteiger partial charge is 0.480 e. The van der Waals surface area contributed by atoms with Crippen LogP contribution in [0.1, 0.15) is 12.0 Å². The minimum atomic E-state index is -1.53. The Balaban J connectivity index is 2.64. The van der Waals surface area contributed by atoms with Crippen molar-refractivity contribution in [2.45, 2.75) is 25.2 Å². The summed E-state index contributed by atoms with van der Waals surface area (Å²) in [6.07, 6.45) is -2.25. The van der Waals surface area contributed by atoms with E-state index >= 15 is 0 Å². The van der Waals surface area contributed by atoms with Crippen molar-refractivity contribution in [2.75, 3.05) is 6.54 Å².